The van der Waals surface area contributed by atoms with E-state index in [2.05, 4.69) is 31.9 Å². The predicted molar refractivity (Wildman–Crippen MR) is 74.0 cm³/mol. The summed E-state index contributed by atoms with van der Waals surface area (Å²) in [4.78, 5) is 2.53. The van der Waals surface area contributed by atoms with Crippen LogP contribution < -0.4 is 0 Å². The maximum Gasteiger partial charge on any atom is 0.115 e. The molecule has 18 heavy (non-hydrogen) atoms. The Morgan fingerprint density at radius 3 is 2.94 bits per heavy atom. The van der Waals surface area contributed by atoms with Crippen molar-refractivity contribution < 1.29 is 5.11 Å². The molecule has 0 radical (unpaired) electrons. The zero-order valence-electron chi connectivity index (χ0n) is 11.6. The van der Waals surface area contributed by atoms with E-state index in [1.807, 2.05) is 12.1 Å². The first-order valence-corrected chi connectivity index (χ1v) is 7.09. The highest BCUT2D eigenvalue weighted by Gasteiger charge is 2.48. The lowest BCUT2D eigenvalue weighted by atomic mass is 9.57. The molecule has 1 aliphatic heterocycles. The molecule has 0 spiro atoms. The number of aromatic hydroxyl groups is 1. The molecule has 2 nitrogen and oxygen atoms in total. The monoisotopic (exact) mass is 245 g/mol. The van der Waals surface area contributed by atoms with Crippen molar-refractivity contribution in [3.05, 3.63) is 29.3 Å². The summed E-state index contributed by atoms with van der Waals surface area (Å²) in [6.45, 7) is 5.88. The van der Waals surface area contributed by atoms with Gasteiger partial charge in [-0.05, 0) is 61.0 Å². The third-order valence-corrected chi connectivity index (χ3v) is 5.41. The van der Waals surface area contributed by atoms with Gasteiger partial charge in [-0.25, -0.2) is 0 Å². The summed E-state index contributed by atoms with van der Waals surface area (Å²) >= 11 is 0. The molecule has 1 heterocycles. The number of piperidine rings is 1. The quantitative estimate of drug-likeness (QED) is 0.822. The number of phenolic OH excluding ortho intramolecular Hbond substituents is 1. The average molecular weight is 245 g/mol. The summed E-state index contributed by atoms with van der Waals surface area (Å²) in [5.41, 5.74) is 3.09. The average Bonchev–Trinajstić information content (AvgIpc) is 2.35. The topological polar surface area (TPSA) is 23.5 Å². The second kappa shape index (κ2) is 3.99. The van der Waals surface area contributed by atoms with E-state index in [9.17, 15) is 5.11 Å². The Kier molecular flexibility index (Phi) is 2.67. The van der Waals surface area contributed by atoms with E-state index in [0.717, 1.165) is 6.42 Å². The van der Waals surface area contributed by atoms with E-state index >= 15 is 0 Å². The number of hydrogen-bond acceptors (Lipinski definition) is 2. The lowest BCUT2D eigenvalue weighted by Crippen LogP contribution is -2.57. The van der Waals surface area contributed by atoms with Gasteiger partial charge >= 0.3 is 0 Å². The van der Waals surface area contributed by atoms with Crippen LogP contribution in [0.25, 0.3) is 0 Å². The van der Waals surface area contributed by atoms with Gasteiger partial charge in [0, 0.05) is 6.04 Å². The van der Waals surface area contributed by atoms with Crippen LogP contribution in [0.2, 0.25) is 0 Å². The third kappa shape index (κ3) is 1.51. The predicted octanol–water partition coefficient (Wildman–Crippen LogP) is 2.94. The van der Waals surface area contributed by atoms with E-state index in [4.69, 9.17) is 0 Å². The molecule has 2 aliphatic rings. The summed E-state index contributed by atoms with van der Waals surface area (Å²) in [6.07, 6.45) is 3.57. The molecule has 0 unspecified atom stereocenters. The molecule has 1 saturated heterocycles. The van der Waals surface area contributed by atoms with Crippen LogP contribution in [-0.2, 0) is 11.8 Å². The Labute approximate surface area is 110 Å². The molecule has 1 N–H and O–H groups in total. The number of benzene rings is 1. The van der Waals surface area contributed by atoms with E-state index in [1.54, 1.807) is 0 Å². The zero-order valence-corrected chi connectivity index (χ0v) is 11.6. The molecule has 98 valence electrons. The van der Waals surface area contributed by atoms with Crippen LogP contribution in [0.3, 0.4) is 0 Å². The molecular formula is C16H23NO. The number of nitrogens with zero attached hydrogens (tertiary/aromatic N) is 1. The maximum atomic E-state index is 9.80. The molecule has 1 aliphatic carbocycles. The number of likely N-dealkylation sites (tertiary alicyclic amines) is 1. The Morgan fingerprint density at radius 1 is 1.44 bits per heavy atom. The van der Waals surface area contributed by atoms with Crippen molar-refractivity contribution in [3.63, 3.8) is 0 Å². The van der Waals surface area contributed by atoms with Gasteiger partial charge < -0.3 is 10.0 Å². The van der Waals surface area contributed by atoms with Crippen LogP contribution in [0.5, 0.6) is 5.75 Å². The lowest BCUT2D eigenvalue weighted by Gasteiger charge is -2.54. The van der Waals surface area contributed by atoms with Crippen LogP contribution in [0, 0.1) is 5.92 Å². The molecule has 2 bridgehead atoms. The molecule has 1 fully saturated rings. The highest BCUT2D eigenvalue weighted by molar-refractivity contribution is 5.44. The molecule has 3 atom stereocenters. The first kappa shape index (κ1) is 12.0. The molecule has 2 heteroatoms. The van der Waals surface area contributed by atoms with Crippen LogP contribution in [0.1, 0.15) is 37.8 Å². The molecule has 1 aromatic carbocycles. The fraction of sp³-hybridized carbons (Fsp3) is 0.625. The number of hydrogen-bond donors (Lipinski definition) is 1. The van der Waals surface area contributed by atoms with Gasteiger partial charge in [-0.3, -0.25) is 0 Å². The van der Waals surface area contributed by atoms with Crippen molar-refractivity contribution in [2.75, 3.05) is 13.6 Å². The van der Waals surface area contributed by atoms with E-state index in [-0.39, 0.29) is 5.41 Å². The highest BCUT2D eigenvalue weighted by atomic mass is 16.3. The largest absolute Gasteiger partial charge is 0.508 e. The van der Waals surface area contributed by atoms with Crippen molar-refractivity contribution >= 4 is 0 Å². The van der Waals surface area contributed by atoms with Gasteiger partial charge in [0.05, 0.1) is 0 Å². The van der Waals surface area contributed by atoms with Crippen LogP contribution in [0.15, 0.2) is 18.2 Å². The zero-order chi connectivity index (χ0) is 12.9. The molecule has 0 saturated carbocycles. The third-order valence-electron chi connectivity index (χ3n) is 5.41. The summed E-state index contributed by atoms with van der Waals surface area (Å²) < 4.78 is 0. The summed E-state index contributed by atoms with van der Waals surface area (Å²) in [5.74, 6) is 1.13. The van der Waals surface area contributed by atoms with Crippen LogP contribution in [0.4, 0.5) is 0 Å². The Bertz CT molecular complexity index is 470. The normalized spacial score (nSPS) is 35.3. The van der Waals surface area contributed by atoms with Crippen molar-refractivity contribution in [3.8, 4) is 5.75 Å². The first-order chi connectivity index (χ1) is 8.56. The van der Waals surface area contributed by atoms with E-state index in [1.165, 1.54) is 30.5 Å². The minimum Gasteiger partial charge on any atom is -0.508 e. The fourth-order valence-electron chi connectivity index (χ4n) is 4.35. The summed E-state index contributed by atoms with van der Waals surface area (Å²) in [5, 5.41) is 9.80. The Balaban J connectivity index is 2.15. The van der Waals surface area contributed by atoms with Gasteiger partial charge in [-0.2, -0.15) is 0 Å². The minimum atomic E-state index is 0.248. The van der Waals surface area contributed by atoms with Gasteiger partial charge in [-0.1, -0.05) is 26.3 Å². The SMILES string of the molecule is CC[C@H]1[C@@H]2Cc3ccc(O)cc3[C@]1(C)CCN2C. The smallest absolute Gasteiger partial charge is 0.115 e. The molecule has 3 rings (SSSR count). The fourth-order valence-corrected chi connectivity index (χ4v) is 4.35. The van der Waals surface area contributed by atoms with Crippen molar-refractivity contribution in [2.24, 2.45) is 5.92 Å². The van der Waals surface area contributed by atoms with Crippen LogP contribution >= 0.6 is 0 Å². The summed E-state index contributed by atoms with van der Waals surface area (Å²) in [7, 11) is 2.26. The molecule has 1 aromatic rings. The first-order valence-electron chi connectivity index (χ1n) is 7.09. The van der Waals surface area contributed by atoms with Gasteiger partial charge in [0.1, 0.15) is 5.75 Å². The minimum absolute atomic E-state index is 0.248. The molecular weight excluding hydrogens is 222 g/mol. The van der Waals surface area contributed by atoms with Crippen molar-refractivity contribution in [1.82, 2.24) is 4.90 Å². The second-order valence-electron chi connectivity index (χ2n) is 6.28. The van der Waals surface area contributed by atoms with E-state index < -0.39 is 0 Å². The van der Waals surface area contributed by atoms with Gasteiger partial charge in [0.2, 0.25) is 0 Å². The second-order valence-corrected chi connectivity index (χ2v) is 6.28. The number of fused-ring (bicyclic) bond motifs is 4. The molecule has 0 aromatic heterocycles. The van der Waals surface area contributed by atoms with Gasteiger partial charge in [0.25, 0.3) is 0 Å². The lowest BCUT2D eigenvalue weighted by molar-refractivity contribution is 0.0376. The number of rotatable bonds is 1. The highest BCUT2D eigenvalue weighted by Crippen LogP contribution is 2.50. The number of phenols is 1. The van der Waals surface area contributed by atoms with Crippen molar-refractivity contribution in [2.45, 2.75) is 44.6 Å². The standard InChI is InChI=1S/C16H23NO/c1-4-13-15-9-11-5-6-12(18)10-14(11)16(13,2)7-8-17(15)3/h5-6,10,13,15,18H,4,7-9H2,1-3H3/t13-,15-,16+/m0/s1. The Hall–Kier alpha value is -1.02. The van der Waals surface area contributed by atoms with Gasteiger partial charge in [0.15, 0.2) is 0 Å². The Morgan fingerprint density at radius 2 is 2.22 bits per heavy atom. The molecule has 0 amide bonds. The van der Waals surface area contributed by atoms with E-state index in [0.29, 0.717) is 17.7 Å². The van der Waals surface area contributed by atoms with Gasteiger partial charge in [-0.15, -0.1) is 0 Å². The van der Waals surface area contributed by atoms with Crippen molar-refractivity contribution in [1.29, 1.82) is 0 Å². The summed E-state index contributed by atoms with van der Waals surface area (Å²) in [6, 6.07) is 6.65. The number of likely N-dealkylation sites (N-methyl/N-ethyl adjacent to an activating group) is 1. The van der Waals surface area contributed by atoms with Crippen LogP contribution in [-0.4, -0.2) is 29.6 Å². The maximum absolute atomic E-state index is 9.80.